The van der Waals surface area contributed by atoms with Crippen LogP contribution in [0.2, 0.25) is 5.02 Å². The zero-order valence-corrected chi connectivity index (χ0v) is 23.6. The second-order valence-electron chi connectivity index (χ2n) is 10.9. The molecule has 0 bridgehead atoms. The zero-order chi connectivity index (χ0) is 31.0. The number of halogens is 7. The Labute approximate surface area is 243 Å². The first-order valence-electron chi connectivity index (χ1n) is 13.2. The van der Waals surface area contributed by atoms with Gasteiger partial charge in [0.05, 0.1) is 10.6 Å². The van der Waals surface area contributed by atoms with Crippen molar-refractivity contribution in [2.45, 2.75) is 37.4 Å². The van der Waals surface area contributed by atoms with Gasteiger partial charge in [-0.2, -0.15) is 13.2 Å². The van der Waals surface area contributed by atoms with E-state index < -0.39 is 35.4 Å². The molecule has 0 saturated carbocycles. The number of likely N-dealkylation sites (tertiary alicyclic amines) is 1. The molecular weight excluding hydrogens is 592 g/mol. The molecule has 14 heteroatoms. The first-order valence-corrected chi connectivity index (χ1v) is 13.6. The predicted molar refractivity (Wildman–Crippen MR) is 142 cm³/mol. The van der Waals surface area contributed by atoms with Crippen molar-refractivity contribution in [3.8, 4) is 5.75 Å². The average Bonchev–Trinajstić information content (AvgIpc) is 2.88. The van der Waals surface area contributed by atoms with Crippen LogP contribution in [-0.2, 0) is 10.4 Å². The molecule has 2 saturated heterocycles. The van der Waals surface area contributed by atoms with Crippen LogP contribution in [0, 0.1) is 11.8 Å². The molecule has 2 heterocycles. The summed E-state index contributed by atoms with van der Waals surface area (Å²) >= 11 is 6.34. The lowest BCUT2D eigenvalue weighted by molar-refractivity contribution is -0.275. The normalized spacial score (nSPS) is 18.3. The van der Waals surface area contributed by atoms with E-state index in [1.807, 2.05) is 6.07 Å². The number of hydrogen-bond donors (Lipinski definition) is 1. The molecule has 0 aliphatic carbocycles. The molecule has 0 radical (unpaired) electrons. The van der Waals surface area contributed by atoms with E-state index in [2.05, 4.69) is 9.64 Å². The van der Waals surface area contributed by atoms with Gasteiger partial charge in [0, 0.05) is 51.5 Å². The molecule has 230 valence electrons. The van der Waals surface area contributed by atoms with Crippen molar-refractivity contribution in [2.75, 3.05) is 45.2 Å². The summed E-state index contributed by atoms with van der Waals surface area (Å²) < 4.78 is 83.4. The quantitative estimate of drug-likeness (QED) is 0.416. The van der Waals surface area contributed by atoms with Gasteiger partial charge in [-0.3, -0.25) is 9.59 Å². The van der Waals surface area contributed by atoms with Gasteiger partial charge >= 0.3 is 12.5 Å². The SMILES string of the molecule is CN(C)C(=O)c1ccc(N2CCC(CC3CN(C(=O)[C@](O)(c4cccc(OC(F)(F)F)c4)C(F)(F)F)C3)CC2)cc1Cl. The number of nitrogens with zero attached hydrogens (tertiary/aromatic N) is 3. The topological polar surface area (TPSA) is 73.3 Å². The van der Waals surface area contributed by atoms with E-state index in [-0.39, 0.29) is 30.8 Å². The average molecular weight is 622 g/mol. The third-order valence-electron chi connectivity index (χ3n) is 7.69. The summed E-state index contributed by atoms with van der Waals surface area (Å²) in [5, 5.41) is 10.9. The zero-order valence-electron chi connectivity index (χ0n) is 22.8. The number of carbonyl (C=O) groups is 2. The maximum atomic E-state index is 14.0. The van der Waals surface area contributed by atoms with E-state index in [0.717, 1.165) is 41.6 Å². The van der Waals surface area contributed by atoms with Crippen LogP contribution in [0.15, 0.2) is 42.5 Å². The summed E-state index contributed by atoms with van der Waals surface area (Å²) in [6.07, 6.45) is -8.37. The molecular formula is C28H30ClF6N3O4. The van der Waals surface area contributed by atoms with Gasteiger partial charge in [0.15, 0.2) is 0 Å². The van der Waals surface area contributed by atoms with Gasteiger partial charge in [-0.15, -0.1) is 13.2 Å². The van der Waals surface area contributed by atoms with Crippen molar-refractivity contribution >= 4 is 29.1 Å². The van der Waals surface area contributed by atoms with Gasteiger partial charge in [0.1, 0.15) is 5.75 Å². The molecule has 0 unspecified atom stereocenters. The monoisotopic (exact) mass is 621 g/mol. The van der Waals surface area contributed by atoms with Gasteiger partial charge in [0.2, 0.25) is 0 Å². The van der Waals surface area contributed by atoms with E-state index in [1.165, 1.54) is 4.90 Å². The molecule has 0 aromatic heterocycles. The molecule has 2 aliphatic rings. The highest BCUT2D eigenvalue weighted by Gasteiger charge is 2.63. The standard InChI is InChI=1S/C28H30ClF6N3O4/c1-36(2)24(39)22-7-6-20(14-23(22)29)37-10-8-17(9-11-37)12-18-15-38(16-18)25(40)26(41,27(30,31)32)19-4-3-5-21(13-19)42-28(33,34)35/h3-7,13-14,17-18,41H,8-12,15-16H2,1-2H3/t26-/m1/s1. The molecule has 1 N–H and O–H groups in total. The van der Waals surface area contributed by atoms with E-state index in [4.69, 9.17) is 11.6 Å². The fourth-order valence-electron chi connectivity index (χ4n) is 5.45. The number of ether oxygens (including phenoxy) is 1. The highest BCUT2D eigenvalue weighted by atomic mass is 35.5. The van der Waals surface area contributed by atoms with Crippen molar-refractivity contribution in [3.05, 3.63) is 58.6 Å². The maximum Gasteiger partial charge on any atom is 0.573 e. The number of amides is 2. The smallest absolute Gasteiger partial charge is 0.406 e. The Hall–Kier alpha value is -3.19. The minimum absolute atomic E-state index is 0.00679. The highest BCUT2D eigenvalue weighted by Crippen LogP contribution is 2.43. The molecule has 2 fully saturated rings. The van der Waals surface area contributed by atoms with Crippen LogP contribution in [0.1, 0.15) is 35.2 Å². The van der Waals surface area contributed by atoms with Crippen LogP contribution in [0.3, 0.4) is 0 Å². The Balaban J connectivity index is 1.33. The van der Waals surface area contributed by atoms with E-state index >= 15 is 0 Å². The Morgan fingerprint density at radius 1 is 1.00 bits per heavy atom. The lowest BCUT2D eigenvalue weighted by Crippen LogP contribution is -2.61. The van der Waals surface area contributed by atoms with Crippen LogP contribution in [-0.4, -0.2) is 79.5 Å². The first kappa shape index (κ1) is 31.7. The molecule has 2 aromatic rings. The summed E-state index contributed by atoms with van der Waals surface area (Å²) in [6, 6.07) is 8.00. The lowest BCUT2D eigenvalue weighted by atomic mass is 9.82. The molecule has 1 atom stereocenters. The van der Waals surface area contributed by atoms with Gasteiger partial charge in [0.25, 0.3) is 17.4 Å². The number of rotatable bonds is 7. The van der Waals surface area contributed by atoms with E-state index in [1.54, 1.807) is 26.2 Å². The van der Waals surface area contributed by atoms with E-state index in [9.17, 15) is 41.0 Å². The second-order valence-corrected chi connectivity index (χ2v) is 11.3. The first-order chi connectivity index (χ1) is 19.5. The van der Waals surface area contributed by atoms with Gasteiger partial charge in [-0.1, -0.05) is 23.7 Å². The van der Waals surface area contributed by atoms with Crippen LogP contribution >= 0.6 is 11.6 Å². The number of aliphatic hydroxyl groups is 1. The summed E-state index contributed by atoms with van der Waals surface area (Å²) in [5.41, 5.74) is -3.80. The van der Waals surface area contributed by atoms with Crippen LogP contribution in [0.25, 0.3) is 0 Å². The Bertz CT molecular complexity index is 1310. The van der Waals surface area contributed by atoms with Crippen molar-refractivity contribution in [2.24, 2.45) is 11.8 Å². The van der Waals surface area contributed by atoms with Crippen molar-refractivity contribution < 1.29 is 45.8 Å². The molecule has 4 rings (SSSR count). The summed E-state index contributed by atoms with van der Waals surface area (Å²) in [7, 11) is 3.28. The predicted octanol–water partition coefficient (Wildman–Crippen LogP) is 5.46. The maximum absolute atomic E-state index is 14.0. The summed E-state index contributed by atoms with van der Waals surface area (Å²) in [5.74, 6) is -2.63. The number of anilines is 1. The summed E-state index contributed by atoms with van der Waals surface area (Å²) in [4.78, 5) is 29.6. The molecule has 2 amide bonds. The van der Waals surface area contributed by atoms with Crippen LogP contribution < -0.4 is 9.64 Å². The minimum atomic E-state index is -5.49. The Morgan fingerprint density at radius 2 is 1.64 bits per heavy atom. The van der Waals surface area contributed by atoms with Gasteiger partial charge in [-0.25, -0.2) is 0 Å². The molecule has 2 aliphatic heterocycles. The second kappa shape index (κ2) is 11.8. The van der Waals surface area contributed by atoms with Crippen LogP contribution in [0.4, 0.5) is 32.0 Å². The number of piperidine rings is 1. The van der Waals surface area contributed by atoms with Crippen molar-refractivity contribution in [1.29, 1.82) is 0 Å². The minimum Gasteiger partial charge on any atom is -0.406 e. The number of carbonyl (C=O) groups excluding carboxylic acids is 2. The Morgan fingerprint density at radius 3 is 2.19 bits per heavy atom. The lowest BCUT2D eigenvalue weighted by Gasteiger charge is -2.45. The molecule has 2 aromatic carbocycles. The molecule has 0 spiro atoms. The van der Waals surface area contributed by atoms with E-state index in [0.29, 0.717) is 36.2 Å². The van der Waals surface area contributed by atoms with Crippen LogP contribution in [0.5, 0.6) is 5.75 Å². The largest absolute Gasteiger partial charge is 0.573 e. The fourth-order valence-corrected chi connectivity index (χ4v) is 5.71. The number of benzene rings is 2. The molecule has 7 nitrogen and oxygen atoms in total. The molecule has 42 heavy (non-hydrogen) atoms. The number of alkyl halides is 6. The Kier molecular flexibility index (Phi) is 8.94. The van der Waals surface area contributed by atoms with Gasteiger partial charge in [-0.05, 0) is 61.4 Å². The van der Waals surface area contributed by atoms with Crippen molar-refractivity contribution in [3.63, 3.8) is 0 Å². The third kappa shape index (κ3) is 6.72. The number of hydrogen-bond acceptors (Lipinski definition) is 5. The third-order valence-corrected chi connectivity index (χ3v) is 8.00. The van der Waals surface area contributed by atoms with Crippen molar-refractivity contribution in [1.82, 2.24) is 9.80 Å². The summed E-state index contributed by atoms with van der Waals surface area (Å²) in [6.45, 7) is 1.41. The van der Waals surface area contributed by atoms with Gasteiger partial charge < -0.3 is 24.5 Å². The fraction of sp³-hybridized carbons (Fsp3) is 0.500. The highest BCUT2D eigenvalue weighted by molar-refractivity contribution is 6.34.